The van der Waals surface area contributed by atoms with Gasteiger partial charge in [-0.15, -0.1) is 0 Å². The molecule has 1 aliphatic heterocycles. The molecule has 0 saturated carbocycles. The van der Waals surface area contributed by atoms with Crippen LogP contribution in [0, 0.1) is 5.82 Å². The molecule has 28 heavy (non-hydrogen) atoms. The standard InChI is InChI=1S/C21H30FN5O/c1-21(2,3)27(14-16-6-5-7-17(22)12-16)19(28)15-26-11-8-23-13-18(26)20-24-9-10-25(20)4/h5-7,9-10,12,18,23H,8,11,13-15H2,1-4H3. The maximum atomic E-state index is 13.6. The quantitative estimate of drug-likeness (QED) is 0.856. The Bertz CT molecular complexity index is 813. The van der Waals surface area contributed by atoms with Crippen molar-refractivity contribution in [3.8, 4) is 0 Å². The van der Waals surface area contributed by atoms with Crippen molar-refractivity contribution >= 4 is 5.91 Å². The lowest BCUT2D eigenvalue weighted by molar-refractivity contribution is -0.139. The number of aromatic nitrogens is 2. The van der Waals surface area contributed by atoms with Gasteiger partial charge in [0, 0.05) is 51.2 Å². The van der Waals surface area contributed by atoms with Crippen molar-refractivity contribution in [1.29, 1.82) is 0 Å². The Labute approximate surface area is 166 Å². The second-order valence-corrected chi connectivity index (χ2v) is 8.37. The van der Waals surface area contributed by atoms with Crippen molar-refractivity contribution in [2.75, 3.05) is 26.2 Å². The van der Waals surface area contributed by atoms with Crippen molar-refractivity contribution in [3.05, 3.63) is 53.9 Å². The molecule has 3 rings (SSSR count). The molecule has 7 heteroatoms. The van der Waals surface area contributed by atoms with Crippen LogP contribution in [-0.2, 0) is 18.4 Å². The van der Waals surface area contributed by atoms with Gasteiger partial charge >= 0.3 is 0 Å². The lowest BCUT2D eigenvalue weighted by Gasteiger charge is -2.40. The van der Waals surface area contributed by atoms with E-state index in [-0.39, 0.29) is 23.3 Å². The van der Waals surface area contributed by atoms with Crippen molar-refractivity contribution in [2.24, 2.45) is 7.05 Å². The molecule has 152 valence electrons. The van der Waals surface area contributed by atoms with Gasteiger partial charge in [0.1, 0.15) is 11.6 Å². The molecular weight excluding hydrogens is 357 g/mol. The number of imidazole rings is 1. The van der Waals surface area contributed by atoms with Crippen molar-refractivity contribution in [2.45, 2.75) is 38.9 Å². The molecule has 1 N–H and O–H groups in total. The molecule has 0 radical (unpaired) electrons. The summed E-state index contributed by atoms with van der Waals surface area (Å²) in [7, 11) is 1.97. The molecule has 1 fully saturated rings. The number of amides is 1. The highest BCUT2D eigenvalue weighted by Crippen LogP contribution is 2.23. The first-order chi connectivity index (χ1) is 13.3. The first-order valence-corrected chi connectivity index (χ1v) is 9.72. The predicted molar refractivity (Wildman–Crippen MR) is 107 cm³/mol. The summed E-state index contributed by atoms with van der Waals surface area (Å²) in [5.74, 6) is 0.709. The molecular formula is C21H30FN5O. The molecule has 0 spiro atoms. The number of nitrogens with zero attached hydrogens (tertiary/aromatic N) is 4. The Balaban J connectivity index is 1.77. The number of aryl methyl sites for hydroxylation is 1. The summed E-state index contributed by atoms with van der Waals surface area (Å²) >= 11 is 0. The Hall–Kier alpha value is -2.25. The summed E-state index contributed by atoms with van der Waals surface area (Å²) in [6.45, 7) is 9.12. The molecule has 0 bridgehead atoms. The van der Waals surface area contributed by atoms with Crippen LogP contribution in [0.25, 0.3) is 0 Å². The molecule has 2 aromatic rings. The number of benzene rings is 1. The third kappa shape index (κ3) is 4.77. The fourth-order valence-electron chi connectivity index (χ4n) is 3.66. The van der Waals surface area contributed by atoms with E-state index in [4.69, 9.17) is 0 Å². The summed E-state index contributed by atoms with van der Waals surface area (Å²) in [5.41, 5.74) is 0.431. The van der Waals surface area contributed by atoms with Gasteiger partial charge in [0.15, 0.2) is 0 Å². The molecule has 1 aromatic carbocycles. The Kier molecular flexibility index (Phi) is 6.15. The molecule has 1 aliphatic rings. The topological polar surface area (TPSA) is 53.4 Å². The third-order valence-corrected chi connectivity index (χ3v) is 5.19. The Morgan fingerprint density at radius 1 is 1.39 bits per heavy atom. The monoisotopic (exact) mass is 387 g/mol. The maximum absolute atomic E-state index is 13.6. The van der Waals surface area contributed by atoms with Crippen molar-refractivity contribution in [1.82, 2.24) is 24.7 Å². The summed E-state index contributed by atoms with van der Waals surface area (Å²) in [4.78, 5) is 21.8. The number of rotatable bonds is 5. The van der Waals surface area contributed by atoms with E-state index < -0.39 is 0 Å². The number of carbonyl (C=O) groups excluding carboxylic acids is 1. The zero-order valence-electron chi connectivity index (χ0n) is 17.2. The lowest BCUT2D eigenvalue weighted by atomic mass is 10.0. The number of halogens is 1. The minimum atomic E-state index is -0.365. The highest BCUT2D eigenvalue weighted by Gasteiger charge is 2.32. The average molecular weight is 388 g/mol. The fourth-order valence-corrected chi connectivity index (χ4v) is 3.66. The normalized spacial score (nSPS) is 18.2. The van der Waals surface area contributed by atoms with Crippen LogP contribution in [0.4, 0.5) is 4.39 Å². The van der Waals surface area contributed by atoms with Gasteiger partial charge in [0.2, 0.25) is 5.91 Å². The summed E-state index contributed by atoms with van der Waals surface area (Å²) in [6, 6.07) is 6.51. The molecule has 1 saturated heterocycles. The Morgan fingerprint density at radius 3 is 2.82 bits per heavy atom. The van der Waals surface area contributed by atoms with Crippen LogP contribution in [0.15, 0.2) is 36.7 Å². The van der Waals surface area contributed by atoms with Crippen LogP contribution in [-0.4, -0.2) is 57.0 Å². The number of nitrogens with one attached hydrogen (secondary N) is 1. The average Bonchev–Trinajstić information content (AvgIpc) is 3.05. The minimum Gasteiger partial charge on any atom is -0.337 e. The van der Waals surface area contributed by atoms with Crippen LogP contribution in [0.2, 0.25) is 0 Å². The maximum Gasteiger partial charge on any atom is 0.237 e. The SMILES string of the molecule is Cn1ccnc1C1CNCCN1CC(=O)N(Cc1cccc(F)c1)C(C)(C)C. The minimum absolute atomic E-state index is 0.0397. The molecule has 0 aliphatic carbocycles. The van der Waals surface area contributed by atoms with E-state index >= 15 is 0 Å². The second-order valence-electron chi connectivity index (χ2n) is 8.37. The molecule has 2 heterocycles. The van der Waals surface area contributed by atoms with Gasteiger partial charge in [0.05, 0.1) is 12.6 Å². The van der Waals surface area contributed by atoms with Crippen molar-refractivity contribution < 1.29 is 9.18 Å². The number of hydrogen-bond donors (Lipinski definition) is 1. The third-order valence-electron chi connectivity index (χ3n) is 5.19. The lowest BCUT2D eigenvalue weighted by Crippen LogP contribution is -2.53. The molecule has 1 atom stereocenters. The van der Waals surface area contributed by atoms with E-state index in [1.165, 1.54) is 12.1 Å². The first kappa shape index (κ1) is 20.5. The zero-order chi connectivity index (χ0) is 20.3. The van der Waals surface area contributed by atoms with Gasteiger partial charge in [0.25, 0.3) is 0 Å². The molecule has 1 amide bonds. The van der Waals surface area contributed by atoms with Gasteiger partial charge in [-0.05, 0) is 38.5 Å². The summed E-state index contributed by atoms with van der Waals surface area (Å²) in [5, 5.41) is 3.40. The van der Waals surface area contributed by atoms with Gasteiger partial charge in [-0.1, -0.05) is 12.1 Å². The fraction of sp³-hybridized carbons (Fsp3) is 0.524. The van der Waals surface area contributed by atoms with Crippen LogP contribution in [0.5, 0.6) is 0 Å². The summed E-state index contributed by atoms with van der Waals surface area (Å²) in [6.07, 6.45) is 3.71. The van der Waals surface area contributed by atoms with E-state index in [0.717, 1.165) is 31.0 Å². The number of carbonyl (C=O) groups is 1. The second kappa shape index (κ2) is 8.41. The largest absolute Gasteiger partial charge is 0.337 e. The van der Waals surface area contributed by atoms with E-state index in [2.05, 4.69) is 15.2 Å². The predicted octanol–water partition coefficient (Wildman–Crippen LogP) is 2.33. The van der Waals surface area contributed by atoms with Crippen LogP contribution in [0.1, 0.15) is 38.2 Å². The highest BCUT2D eigenvalue weighted by atomic mass is 19.1. The zero-order valence-corrected chi connectivity index (χ0v) is 17.2. The van der Waals surface area contributed by atoms with Crippen LogP contribution in [0.3, 0.4) is 0 Å². The summed E-state index contributed by atoms with van der Waals surface area (Å²) < 4.78 is 15.6. The molecule has 1 aromatic heterocycles. The van der Waals surface area contributed by atoms with Gasteiger partial charge in [-0.25, -0.2) is 9.37 Å². The molecule has 6 nitrogen and oxygen atoms in total. The Morgan fingerprint density at radius 2 is 2.18 bits per heavy atom. The first-order valence-electron chi connectivity index (χ1n) is 9.72. The van der Waals surface area contributed by atoms with Gasteiger partial charge < -0.3 is 14.8 Å². The van der Waals surface area contributed by atoms with Crippen molar-refractivity contribution in [3.63, 3.8) is 0 Å². The van der Waals surface area contributed by atoms with E-state index in [9.17, 15) is 9.18 Å². The van der Waals surface area contributed by atoms with Gasteiger partial charge in [-0.2, -0.15) is 0 Å². The van der Waals surface area contributed by atoms with Crippen LogP contribution >= 0.6 is 0 Å². The smallest absolute Gasteiger partial charge is 0.237 e. The van der Waals surface area contributed by atoms with E-state index in [1.54, 1.807) is 12.3 Å². The number of piperazine rings is 1. The van der Waals surface area contributed by atoms with Gasteiger partial charge in [-0.3, -0.25) is 9.69 Å². The van der Waals surface area contributed by atoms with Crippen LogP contribution < -0.4 is 5.32 Å². The molecule has 1 unspecified atom stereocenters. The van der Waals surface area contributed by atoms with E-state index in [0.29, 0.717) is 13.1 Å². The number of hydrogen-bond acceptors (Lipinski definition) is 4. The highest BCUT2D eigenvalue weighted by molar-refractivity contribution is 5.79. The van der Waals surface area contributed by atoms with E-state index in [1.807, 2.05) is 49.5 Å².